The fourth-order valence-electron chi connectivity index (χ4n) is 2.58. The van der Waals surface area contributed by atoms with Crippen LogP contribution in [0, 0.1) is 6.92 Å². The number of pyridine rings is 2. The number of carbonyl (C=O) groups is 4. The van der Waals surface area contributed by atoms with Gasteiger partial charge in [0.25, 0.3) is 11.8 Å². The summed E-state index contributed by atoms with van der Waals surface area (Å²) in [5, 5.41) is 5.15. The normalized spacial score (nSPS) is 9.85. The number of rotatable bonds is 4. The van der Waals surface area contributed by atoms with E-state index in [1.54, 1.807) is 25.1 Å². The summed E-state index contributed by atoms with van der Waals surface area (Å²) in [5.74, 6) is -0.990. The molecular formula is C21H20N8O4. The summed E-state index contributed by atoms with van der Waals surface area (Å²) in [5.41, 5.74) is 11.3. The Balaban J connectivity index is 1.46. The molecule has 1 aromatic carbocycles. The van der Waals surface area contributed by atoms with Gasteiger partial charge in [-0.05, 0) is 55.0 Å². The zero-order chi connectivity index (χ0) is 23.6. The van der Waals surface area contributed by atoms with E-state index < -0.39 is 23.9 Å². The molecule has 3 aromatic rings. The topological polar surface area (TPSA) is 166 Å². The molecule has 0 aliphatic heterocycles. The van der Waals surface area contributed by atoms with E-state index >= 15 is 0 Å². The quantitative estimate of drug-likeness (QED) is 0.332. The Kier molecular flexibility index (Phi) is 7.46. The number of hydrazine groups is 2. The van der Waals surface area contributed by atoms with Crippen LogP contribution in [0.2, 0.25) is 0 Å². The molecule has 0 saturated carbocycles. The van der Waals surface area contributed by atoms with Crippen LogP contribution in [0.15, 0.2) is 67.3 Å². The molecule has 0 atom stereocenters. The highest BCUT2D eigenvalue weighted by Gasteiger charge is 2.10. The van der Waals surface area contributed by atoms with Crippen LogP contribution in [0.5, 0.6) is 0 Å². The molecule has 6 amide bonds. The lowest BCUT2D eigenvalue weighted by molar-refractivity contribution is 0.0931. The van der Waals surface area contributed by atoms with Crippen LogP contribution in [0.4, 0.5) is 21.0 Å². The van der Waals surface area contributed by atoms with E-state index in [-0.39, 0.29) is 0 Å². The van der Waals surface area contributed by atoms with Gasteiger partial charge in [-0.3, -0.25) is 30.4 Å². The fraction of sp³-hybridized carbons (Fsp3) is 0.0476. The number of urea groups is 2. The molecule has 0 bridgehead atoms. The molecule has 3 rings (SSSR count). The van der Waals surface area contributed by atoms with Gasteiger partial charge in [-0.25, -0.2) is 20.4 Å². The number of carbonyl (C=O) groups excluding carboxylic acids is 4. The predicted octanol–water partition coefficient (Wildman–Crippen LogP) is 1.72. The lowest BCUT2D eigenvalue weighted by Crippen LogP contribution is -2.44. The number of aromatic nitrogens is 2. The third-order valence-electron chi connectivity index (χ3n) is 4.20. The molecule has 168 valence electrons. The van der Waals surface area contributed by atoms with Gasteiger partial charge in [0.2, 0.25) is 0 Å². The largest absolute Gasteiger partial charge is 0.337 e. The molecule has 0 fully saturated rings. The standard InChI is InChI=1S/C21H20N8O4/c1-13-12-16(24-20(32)28-26-18(30)14-4-8-22-9-5-14)2-3-17(13)25-21(33)29-27-19(31)15-6-10-23-11-7-15/h2-12H,1H3,(H,26,30)(H,27,31)(H2,24,28,32)(H2,25,29,33). The Bertz CT molecular complexity index is 1160. The molecular weight excluding hydrogens is 428 g/mol. The molecule has 0 aliphatic rings. The van der Waals surface area contributed by atoms with E-state index in [0.717, 1.165) is 0 Å². The molecule has 12 nitrogen and oxygen atoms in total. The third kappa shape index (κ3) is 6.75. The second-order valence-corrected chi connectivity index (χ2v) is 6.57. The lowest BCUT2D eigenvalue weighted by Gasteiger charge is -2.13. The molecule has 33 heavy (non-hydrogen) atoms. The second kappa shape index (κ2) is 10.9. The van der Waals surface area contributed by atoms with Gasteiger partial charge in [0.15, 0.2) is 0 Å². The maximum Gasteiger partial charge on any atom is 0.337 e. The van der Waals surface area contributed by atoms with Crippen molar-refractivity contribution in [2.45, 2.75) is 6.92 Å². The summed E-state index contributed by atoms with van der Waals surface area (Å²) in [7, 11) is 0. The number of amides is 6. The van der Waals surface area contributed by atoms with Crippen molar-refractivity contribution >= 4 is 35.3 Å². The zero-order valence-corrected chi connectivity index (χ0v) is 17.4. The first-order chi connectivity index (χ1) is 15.9. The highest BCUT2D eigenvalue weighted by molar-refractivity contribution is 5.98. The summed E-state index contributed by atoms with van der Waals surface area (Å²) in [6.45, 7) is 1.72. The van der Waals surface area contributed by atoms with Crippen LogP contribution >= 0.6 is 0 Å². The Morgan fingerprint density at radius 3 is 1.61 bits per heavy atom. The van der Waals surface area contributed by atoms with Gasteiger partial charge in [0.1, 0.15) is 0 Å². The van der Waals surface area contributed by atoms with Gasteiger partial charge in [0.05, 0.1) is 0 Å². The molecule has 0 saturated heterocycles. The van der Waals surface area contributed by atoms with E-state index in [0.29, 0.717) is 28.1 Å². The maximum atomic E-state index is 12.1. The first-order valence-electron chi connectivity index (χ1n) is 9.58. The van der Waals surface area contributed by atoms with Crippen LogP contribution in [-0.4, -0.2) is 33.8 Å². The van der Waals surface area contributed by atoms with Crippen LogP contribution in [0.1, 0.15) is 26.3 Å². The number of benzene rings is 1. The van der Waals surface area contributed by atoms with Crippen molar-refractivity contribution in [3.05, 3.63) is 83.9 Å². The maximum absolute atomic E-state index is 12.1. The smallest absolute Gasteiger partial charge is 0.307 e. The monoisotopic (exact) mass is 448 g/mol. The van der Waals surface area contributed by atoms with E-state index in [1.807, 2.05) is 0 Å². The summed E-state index contributed by atoms with van der Waals surface area (Å²) in [4.78, 5) is 55.6. The number of hydrogen-bond acceptors (Lipinski definition) is 6. The Morgan fingerprint density at radius 1 is 0.636 bits per heavy atom. The average molecular weight is 448 g/mol. The highest BCUT2D eigenvalue weighted by Crippen LogP contribution is 2.19. The van der Waals surface area contributed by atoms with Gasteiger partial charge in [-0.15, -0.1) is 0 Å². The van der Waals surface area contributed by atoms with Gasteiger partial charge < -0.3 is 10.6 Å². The first kappa shape index (κ1) is 22.7. The minimum atomic E-state index is -0.658. The molecule has 0 radical (unpaired) electrons. The highest BCUT2D eigenvalue weighted by atomic mass is 16.2. The van der Waals surface area contributed by atoms with Crippen molar-refractivity contribution in [3.8, 4) is 0 Å². The zero-order valence-electron chi connectivity index (χ0n) is 17.4. The fourth-order valence-corrected chi connectivity index (χ4v) is 2.58. The minimum absolute atomic E-state index is 0.340. The second-order valence-electron chi connectivity index (χ2n) is 6.57. The van der Waals surface area contributed by atoms with Gasteiger partial charge in [-0.1, -0.05) is 0 Å². The Hall–Kier alpha value is -5.00. The van der Waals surface area contributed by atoms with Crippen LogP contribution in [0.25, 0.3) is 0 Å². The molecule has 12 heteroatoms. The van der Waals surface area contributed by atoms with Crippen molar-refractivity contribution < 1.29 is 19.2 Å². The van der Waals surface area contributed by atoms with Gasteiger partial charge in [0, 0.05) is 47.3 Å². The SMILES string of the molecule is Cc1cc(NC(=O)NNC(=O)c2ccncc2)ccc1NC(=O)NNC(=O)c1ccncc1. The molecule has 0 aliphatic carbocycles. The van der Waals surface area contributed by atoms with Crippen LogP contribution < -0.4 is 32.3 Å². The average Bonchev–Trinajstić information content (AvgIpc) is 2.84. The Morgan fingerprint density at radius 2 is 1.12 bits per heavy atom. The van der Waals surface area contributed by atoms with E-state index in [4.69, 9.17) is 0 Å². The van der Waals surface area contributed by atoms with Crippen molar-refractivity contribution in [2.24, 2.45) is 0 Å². The molecule has 2 aromatic heterocycles. The van der Waals surface area contributed by atoms with Gasteiger partial charge in [-0.2, -0.15) is 0 Å². The number of anilines is 2. The first-order valence-corrected chi connectivity index (χ1v) is 9.58. The minimum Gasteiger partial charge on any atom is -0.307 e. The van der Waals surface area contributed by atoms with Crippen molar-refractivity contribution in [1.29, 1.82) is 0 Å². The van der Waals surface area contributed by atoms with Crippen LogP contribution in [0.3, 0.4) is 0 Å². The summed E-state index contributed by atoms with van der Waals surface area (Å²) < 4.78 is 0. The molecule has 6 N–H and O–H groups in total. The lowest BCUT2D eigenvalue weighted by atomic mass is 10.2. The van der Waals surface area contributed by atoms with Gasteiger partial charge >= 0.3 is 12.1 Å². The summed E-state index contributed by atoms with van der Waals surface area (Å²) in [6.07, 6.45) is 5.84. The number of nitrogens with one attached hydrogen (secondary N) is 6. The predicted molar refractivity (Wildman–Crippen MR) is 119 cm³/mol. The van der Waals surface area contributed by atoms with Crippen LogP contribution in [-0.2, 0) is 0 Å². The molecule has 0 spiro atoms. The number of hydrogen-bond donors (Lipinski definition) is 6. The number of nitrogens with zero attached hydrogens (tertiary/aromatic N) is 2. The van der Waals surface area contributed by atoms with E-state index in [2.05, 4.69) is 42.3 Å². The molecule has 0 unspecified atom stereocenters. The van der Waals surface area contributed by atoms with Crippen molar-refractivity contribution in [2.75, 3.05) is 10.6 Å². The van der Waals surface area contributed by atoms with E-state index in [9.17, 15) is 19.2 Å². The third-order valence-corrected chi connectivity index (χ3v) is 4.20. The summed E-state index contributed by atoms with van der Waals surface area (Å²) in [6, 6.07) is 9.46. The van der Waals surface area contributed by atoms with Crippen molar-refractivity contribution in [3.63, 3.8) is 0 Å². The van der Waals surface area contributed by atoms with Crippen molar-refractivity contribution in [1.82, 2.24) is 31.7 Å². The summed E-state index contributed by atoms with van der Waals surface area (Å²) >= 11 is 0. The Labute approximate surface area is 188 Å². The van der Waals surface area contributed by atoms with E-state index in [1.165, 1.54) is 49.1 Å². The number of aryl methyl sites for hydroxylation is 1. The molecule has 2 heterocycles.